The zero-order chi connectivity index (χ0) is 14.1. The number of hydrogen-bond donors (Lipinski definition) is 2. The Bertz CT molecular complexity index is 382. The normalized spacial score (nSPS) is 12.4. The molecule has 0 bridgehead atoms. The fraction of sp³-hybridized carbons (Fsp3) is 0.692. The summed E-state index contributed by atoms with van der Waals surface area (Å²) in [5.41, 5.74) is 1.10. The highest BCUT2D eigenvalue weighted by Crippen LogP contribution is 2.15. The number of hydrogen-bond acceptors (Lipinski definition) is 5. The van der Waals surface area contributed by atoms with Gasteiger partial charge in [-0.2, -0.15) is 11.8 Å². The first-order valence-corrected chi connectivity index (χ1v) is 8.58. The summed E-state index contributed by atoms with van der Waals surface area (Å²) in [6.45, 7) is 4.49. The molecule has 1 aromatic heterocycles. The molecule has 1 heterocycles. The predicted octanol–water partition coefficient (Wildman–Crippen LogP) is 2.35. The van der Waals surface area contributed by atoms with Crippen LogP contribution in [-0.4, -0.2) is 34.4 Å². The Labute approximate surface area is 123 Å². The Morgan fingerprint density at radius 3 is 3.05 bits per heavy atom. The molecule has 108 valence electrons. The van der Waals surface area contributed by atoms with Crippen LogP contribution in [0.5, 0.6) is 0 Å². The van der Waals surface area contributed by atoms with E-state index in [1.165, 1.54) is 0 Å². The molecule has 0 aromatic carbocycles. The van der Waals surface area contributed by atoms with E-state index in [0.29, 0.717) is 19.4 Å². The largest absolute Gasteiger partial charge is 0.393 e. The highest BCUT2D eigenvalue weighted by Gasteiger charge is 2.04. The number of aliphatic hydroxyl groups is 1. The Kier molecular flexibility index (Phi) is 8.09. The number of aryl methyl sites for hydroxylation is 1. The van der Waals surface area contributed by atoms with Gasteiger partial charge in [0.15, 0.2) is 0 Å². The van der Waals surface area contributed by atoms with E-state index in [4.69, 9.17) is 0 Å². The number of thiazole rings is 1. The van der Waals surface area contributed by atoms with Gasteiger partial charge < -0.3 is 10.4 Å². The van der Waals surface area contributed by atoms with Crippen LogP contribution in [0.3, 0.4) is 0 Å². The van der Waals surface area contributed by atoms with Gasteiger partial charge in [-0.3, -0.25) is 4.79 Å². The van der Waals surface area contributed by atoms with Gasteiger partial charge in [-0.25, -0.2) is 4.98 Å². The number of rotatable bonds is 9. The topological polar surface area (TPSA) is 62.2 Å². The van der Waals surface area contributed by atoms with E-state index in [1.807, 2.05) is 13.8 Å². The molecule has 1 aromatic rings. The van der Waals surface area contributed by atoms with Crippen molar-refractivity contribution in [2.24, 2.45) is 0 Å². The Morgan fingerprint density at radius 2 is 2.42 bits per heavy atom. The van der Waals surface area contributed by atoms with Gasteiger partial charge in [0.2, 0.25) is 5.91 Å². The van der Waals surface area contributed by atoms with E-state index in [0.717, 1.165) is 28.6 Å². The minimum atomic E-state index is -0.303. The highest BCUT2D eigenvalue weighted by atomic mass is 32.2. The second-order valence-electron chi connectivity index (χ2n) is 4.36. The lowest BCUT2D eigenvalue weighted by Crippen LogP contribution is -2.27. The number of carbonyl (C=O) groups is 1. The van der Waals surface area contributed by atoms with Crippen molar-refractivity contribution in [2.45, 2.75) is 45.0 Å². The van der Waals surface area contributed by atoms with E-state index in [9.17, 15) is 9.90 Å². The van der Waals surface area contributed by atoms with Crippen molar-refractivity contribution in [1.82, 2.24) is 10.3 Å². The molecule has 0 aliphatic heterocycles. The van der Waals surface area contributed by atoms with Crippen LogP contribution in [0.15, 0.2) is 5.38 Å². The van der Waals surface area contributed by atoms with Crippen LogP contribution in [0, 0.1) is 6.92 Å². The van der Waals surface area contributed by atoms with Crippen molar-refractivity contribution in [3.05, 3.63) is 16.1 Å². The van der Waals surface area contributed by atoms with E-state index >= 15 is 0 Å². The molecule has 2 N–H and O–H groups in total. The molecule has 4 nitrogen and oxygen atoms in total. The van der Waals surface area contributed by atoms with Gasteiger partial charge in [-0.15, -0.1) is 11.3 Å². The first-order valence-electron chi connectivity index (χ1n) is 6.55. The molecular formula is C13H22N2O2S2. The molecule has 6 heteroatoms. The lowest BCUT2D eigenvalue weighted by molar-refractivity contribution is -0.120. The minimum Gasteiger partial charge on any atom is -0.393 e. The molecule has 0 spiro atoms. The monoisotopic (exact) mass is 302 g/mol. The standard InChI is InChI=1S/C13H22N2O2S2/c1-3-12(16)4-6-14-13(17)5-7-18-8-11-9-19-10(2)15-11/h9,12,16H,3-8H2,1-2H3,(H,14,17). The average molecular weight is 302 g/mol. The van der Waals surface area contributed by atoms with Crippen LogP contribution in [0.1, 0.15) is 36.9 Å². The predicted molar refractivity (Wildman–Crippen MR) is 81.6 cm³/mol. The summed E-state index contributed by atoms with van der Waals surface area (Å²) in [6, 6.07) is 0. The maximum absolute atomic E-state index is 11.5. The molecule has 0 fully saturated rings. The van der Waals surface area contributed by atoms with Gasteiger partial charge in [-0.1, -0.05) is 6.92 Å². The van der Waals surface area contributed by atoms with Gasteiger partial charge in [0.1, 0.15) is 0 Å². The van der Waals surface area contributed by atoms with Crippen LogP contribution < -0.4 is 5.32 Å². The first kappa shape index (κ1) is 16.5. The number of nitrogens with one attached hydrogen (secondary N) is 1. The van der Waals surface area contributed by atoms with Crippen molar-refractivity contribution in [3.8, 4) is 0 Å². The molecule has 0 saturated heterocycles. The number of aliphatic hydroxyl groups excluding tert-OH is 1. The SMILES string of the molecule is CCC(O)CCNC(=O)CCSCc1csc(C)n1. The highest BCUT2D eigenvalue weighted by molar-refractivity contribution is 7.98. The van der Waals surface area contributed by atoms with E-state index < -0.39 is 0 Å². The second-order valence-corrected chi connectivity index (χ2v) is 6.53. The number of nitrogens with zero attached hydrogens (tertiary/aromatic N) is 1. The molecule has 0 aliphatic carbocycles. The quantitative estimate of drug-likeness (QED) is 0.687. The molecule has 1 amide bonds. The fourth-order valence-corrected chi connectivity index (χ4v) is 3.04. The summed E-state index contributed by atoms with van der Waals surface area (Å²) < 4.78 is 0. The molecule has 0 aliphatic rings. The van der Waals surface area contributed by atoms with Crippen molar-refractivity contribution in [2.75, 3.05) is 12.3 Å². The van der Waals surface area contributed by atoms with E-state index in [2.05, 4.69) is 15.7 Å². The number of amides is 1. The van der Waals surface area contributed by atoms with Gasteiger partial charge in [0.25, 0.3) is 0 Å². The van der Waals surface area contributed by atoms with Gasteiger partial charge in [0.05, 0.1) is 16.8 Å². The van der Waals surface area contributed by atoms with Crippen LogP contribution in [0.25, 0.3) is 0 Å². The Hall–Kier alpha value is -0.590. The average Bonchev–Trinajstić information content (AvgIpc) is 2.80. The lowest BCUT2D eigenvalue weighted by Gasteiger charge is -2.08. The maximum Gasteiger partial charge on any atom is 0.220 e. The van der Waals surface area contributed by atoms with E-state index in [1.54, 1.807) is 23.1 Å². The Balaban J connectivity index is 2.01. The third-order valence-corrected chi connectivity index (χ3v) is 4.48. The van der Waals surface area contributed by atoms with Gasteiger partial charge in [0, 0.05) is 29.9 Å². The molecule has 1 rings (SSSR count). The summed E-state index contributed by atoms with van der Waals surface area (Å²) in [6.07, 6.45) is 1.59. The third kappa shape index (κ3) is 7.54. The van der Waals surface area contributed by atoms with Crippen molar-refractivity contribution in [3.63, 3.8) is 0 Å². The summed E-state index contributed by atoms with van der Waals surface area (Å²) >= 11 is 3.38. The smallest absolute Gasteiger partial charge is 0.220 e. The first-order chi connectivity index (χ1) is 9.11. The molecule has 1 atom stereocenters. The summed E-state index contributed by atoms with van der Waals surface area (Å²) in [7, 11) is 0. The van der Waals surface area contributed by atoms with Crippen LogP contribution in [-0.2, 0) is 10.5 Å². The van der Waals surface area contributed by atoms with Gasteiger partial charge >= 0.3 is 0 Å². The molecule has 0 radical (unpaired) electrons. The summed E-state index contributed by atoms with van der Waals surface area (Å²) in [5.74, 6) is 1.73. The van der Waals surface area contributed by atoms with Crippen LogP contribution >= 0.6 is 23.1 Å². The molecule has 19 heavy (non-hydrogen) atoms. The summed E-state index contributed by atoms with van der Waals surface area (Å²) in [5, 5.41) is 15.3. The van der Waals surface area contributed by atoms with Crippen LogP contribution in [0.4, 0.5) is 0 Å². The van der Waals surface area contributed by atoms with Crippen molar-refractivity contribution < 1.29 is 9.90 Å². The van der Waals surface area contributed by atoms with E-state index in [-0.39, 0.29) is 12.0 Å². The molecule has 0 saturated carbocycles. The second kappa shape index (κ2) is 9.34. The fourth-order valence-electron chi connectivity index (χ4n) is 1.49. The number of aromatic nitrogens is 1. The molecular weight excluding hydrogens is 280 g/mol. The number of thioether (sulfide) groups is 1. The maximum atomic E-state index is 11.5. The zero-order valence-corrected chi connectivity index (χ0v) is 13.1. The van der Waals surface area contributed by atoms with Gasteiger partial charge in [-0.05, 0) is 19.8 Å². The van der Waals surface area contributed by atoms with Crippen LogP contribution in [0.2, 0.25) is 0 Å². The van der Waals surface area contributed by atoms with Crippen molar-refractivity contribution in [1.29, 1.82) is 0 Å². The Morgan fingerprint density at radius 1 is 1.63 bits per heavy atom. The summed E-state index contributed by atoms with van der Waals surface area (Å²) in [4.78, 5) is 15.9. The lowest BCUT2D eigenvalue weighted by atomic mass is 10.2. The number of carbonyl (C=O) groups excluding carboxylic acids is 1. The third-order valence-electron chi connectivity index (χ3n) is 2.66. The zero-order valence-electron chi connectivity index (χ0n) is 11.5. The minimum absolute atomic E-state index is 0.0604. The molecule has 1 unspecified atom stereocenters. The van der Waals surface area contributed by atoms with Crippen molar-refractivity contribution >= 4 is 29.0 Å².